The van der Waals surface area contributed by atoms with Gasteiger partial charge in [-0.2, -0.15) is 0 Å². The summed E-state index contributed by atoms with van der Waals surface area (Å²) in [7, 11) is 0. The first-order valence-corrected chi connectivity index (χ1v) is 31.7. The molecule has 474 valence electrons. The molecule has 0 spiro atoms. The lowest BCUT2D eigenvalue weighted by Gasteiger charge is -2.28. The molecule has 5 heteroatoms. The zero-order valence-electron chi connectivity index (χ0n) is 60.6. The number of aryl methyl sites for hydroxylation is 5. The molecule has 84 heavy (non-hydrogen) atoms. The minimum Gasteiger partial charge on any atom is -0.507 e. The van der Waals surface area contributed by atoms with Gasteiger partial charge in [-0.05, 0) is 173 Å². The van der Waals surface area contributed by atoms with Crippen molar-refractivity contribution >= 4 is 0 Å². The molecule has 0 amide bonds. The van der Waals surface area contributed by atoms with Gasteiger partial charge >= 0.3 is 0 Å². The number of rotatable bonds is 6. The van der Waals surface area contributed by atoms with Crippen LogP contribution in [0, 0.1) is 26.7 Å². The monoisotopic (exact) mass is 1160 g/mol. The van der Waals surface area contributed by atoms with Crippen LogP contribution >= 0.6 is 0 Å². The van der Waals surface area contributed by atoms with E-state index in [1.54, 1.807) is 0 Å². The average molecular weight is 1160 g/mol. The van der Waals surface area contributed by atoms with E-state index in [9.17, 15) is 25.5 Å². The van der Waals surface area contributed by atoms with Gasteiger partial charge in [0.2, 0.25) is 0 Å². The van der Waals surface area contributed by atoms with E-state index in [0.29, 0.717) is 34.7 Å². The van der Waals surface area contributed by atoms with E-state index < -0.39 is 0 Å². The Hall–Kier alpha value is -4.90. The quantitative estimate of drug-likeness (QED) is 0.117. The van der Waals surface area contributed by atoms with Crippen LogP contribution in [-0.4, -0.2) is 25.5 Å². The van der Waals surface area contributed by atoms with Gasteiger partial charge in [0.25, 0.3) is 0 Å². The summed E-state index contributed by atoms with van der Waals surface area (Å²) >= 11 is 0. The van der Waals surface area contributed by atoms with Crippen molar-refractivity contribution < 1.29 is 25.5 Å². The van der Waals surface area contributed by atoms with Gasteiger partial charge in [0.1, 0.15) is 28.7 Å². The molecule has 5 rings (SSSR count). The molecule has 0 bridgehead atoms. The van der Waals surface area contributed by atoms with E-state index in [0.717, 1.165) is 74.9 Å². The molecule has 0 radical (unpaired) electrons. The number of phenols is 5. The largest absolute Gasteiger partial charge is 0.507 e. The summed E-state index contributed by atoms with van der Waals surface area (Å²) in [6, 6.07) is 21.3. The molecule has 5 aromatic carbocycles. The summed E-state index contributed by atoms with van der Waals surface area (Å²) in [5, 5.41) is 52.0. The zero-order chi connectivity index (χ0) is 66.2. The van der Waals surface area contributed by atoms with E-state index in [1.807, 2.05) is 13.0 Å². The average Bonchev–Trinajstić information content (AvgIpc) is 3.28. The third-order valence-electron chi connectivity index (χ3n) is 15.4. The SMILES string of the molecule is CC(C)Cc1cc(C(C)(C)C)c(O)c(C(C)(C)C)c1.CCCCc1cc(C(C)(C)C)c(O)c(C(C)(C)C)c1.CCc1cc(C(C)(C)C)c(O)c(C(C)(C)C)c1.Cc1cc(C(C)(C)C)c(O)c(C(C)(C)C)c1.Cc1cc(C)c(O)c(C(C)(C)C)c1. The van der Waals surface area contributed by atoms with Gasteiger partial charge < -0.3 is 25.5 Å². The Kier molecular flexibility index (Phi) is 26.4. The van der Waals surface area contributed by atoms with Crippen molar-refractivity contribution in [3.8, 4) is 28.7 Å². The molecular formula is C79H128O5. The maximum atomic E-state index is 10.6. The number of hydrogen-bond donors (Lipinski definition) is 5. The molecule has 0 aromatic heterocycles. The molecule has 5 N–H and O–H groups in total. The van der Waals surface area contributed by atoms with Crippen LogP contribution in [0.5, 0.6) is 28.7 Å². The number of hydrogen-bond acceptors (Lipinski definition) is 5. The smallest absolute Gasteiger partial charge is 0.123 e. The molecule has 0 saturated carbocycles. The maximum absolute atomic E-state index is 10.6. The van der Waals surface area contributed by atoms with E-state index >= 15 is 0 Å². The van der Waals surface area contributed by atoms with Crippen molar-refractivity contribution in [2.45, 2.75) is 316 Å². The Morgan fingerprint density at radius 2 is 0.512 bits per heavy atom. The second kappa shape index (κ2) is 28.7. The minimum absolute atomic E-state index is 0.0147. The fraction of sp³-hybridized carbons (Fsp3) is 0.620. The highest BCUT2D eigenvalue weighted by Gasteiger charge is 2.30. The van der Waals surface area contributed by atoms with E-state index in [-0.39, 0.29) is 48.7 Å². The van der Waals surface area contributed by atoms with Crippen LogP contribution in [0.3, 0.4) is 0 Å². The topological polar surface area (TPSA) is 101 Å². The van der Waals surface area contributed by atoms with Gasteiger partial charge in [-0.1, -0.05) is 293 Å². The Morgan fingerprint density at radius 3 is 0.738 bits per heavy atom. The highest BCUT2D eigenvalue weighted by Crippen LogP contribution is 2.44. The van der Waals surface area contributed by atoms with Crippen molar-refractivity contribution in [2.75, 3.05) is 0 Å². The molecule has 0 fully saturated rings. The van der Waals surface area contributed by atoms with Gasteiger partial charge in [-0.3, -0.25) is 0 Å². The van der Waals surface area contributed by atoms with Crippen molar-refractivity contribution in [3.63, 3.8) is 0 Å². The Labute approximate surface area is 518 Å². The van der Waals surface area contributed by atoms with Gasteiger partial charge in [-0.25, -0.2) is 0 Å². The third kappa shape index (κ3) is 23.1. The first-order valence-electron chi connectivity index (χ1n) is 31.7. The molecule has 5 aromatic rings. The lowest BCUT2D eigenvalue weighted by molar-refractivity contribution is 0.421. The predicted octanol–water partition coefficient (Wildman–Crippen LogP) is 22.7. The van der Waals surface area contributed by atoms with Crippen molar-refractivity contribution in [1.29, 1.82) is 0 Å². The zero-order valence-corrected chi connectivity index (χ0v) is 60.6. The third-order valence-corrected chi connectivity index (χ3v) is 15.4. The molecule has 0 saturated heterocycles. The second-order valence-electron chi connectivity index (χ2n) is 34.1. The van der Waals surface area contributed by atoms with Crippen molar-refractivity contribution in [2.24, 2.45) is 5.92 Å². The first-order chi connectivity index (χ1) is 37.4. The molecule has 5 nitrogen and oxygen atoms in total. The van der Waals surface area contributed by atoms with Crippen LogP contribution in [0.25, 0.3) is 0 Å². The maximum Gasteiger partial charge on any atom is 0.123 e. The van der Waals surface area contributed by atoms with Crippen LogP contribution < -0.4 is 0 Å². The van der Waals surface area contributed by atoms with E-state index in [2.05, 4.69) is 283 Å². The van der Waals surface area contributed by atoms with Gasteiger partial charge in [0.15, 0.2) is 0 Å². The molecule has 0 atom stereocenters. The lowest BCUT2D eigenvalue weighted by atomic mass is 9.77. The van der Waals surface area contributed by atoms with E-state index in [4.69, 9.17) is 0 Å². The molecule has 0 aliphatic carbocycles. The normalized spacial score (nSPS) is 12.8. The molecule has 0 aliphatic heterocycles. The minimum atomic E-state index is -0.0307. The summed E-state index contributed by atoms with van der Waals surface area (Å²) in [4.78, 5) is 0. The summed E-state index contributed by atoms with van der Waals surface area (Å²) in [6.07, 6.45) is 5.58. The summed E-state index contributed by atoms with van der Waals surface area (Å²) in [5.41, 5.74) is 16.7. The first kappa shape index (κ1) is 77.1. The molecule has 0 aliphatic rings. The van der Waals surface area contributed by atoms with Crippen LogP contribution in [0.1, 0.15) is 311 Å². The van der Waals surface area contributed by atoms with Gasteiger partial charge in [0.05, 0.1) is 0 Å². The Morgan fingerprint density at radius 1 is 0.298 bits per heavy atom. The summed E-state index contributed by atoms with van der Waals surface area (Å²) in [6.45, 7) is 72.9. The Bertz CT molecular complexity index is 2770. The highest BCUT2D eigenvalue weighted by atomic mass is 16.3. The summed E-state index contributed by atoms with van der Waals surface area (Å²) < 4.78 is 0. The molecular weight excluding hydrogens is 1030 g/mol. The summed E-state index contributed by atoms with van der Waals surface area (Å²) in [5.74, 6) is 2.98. The molecule has 0 unspecified atom stereocenters. The fourth-order valence-corrected chi connectivity index (χ4v) is 10.3. The molecule has 0 heterocycles. The number of phenolic OH excluding ortho intramolecular Hbond substituents is 5. The van der Waals surface area contributed by atoms with Gasteiger partial charge in [0, 0.05) is 0 Å². The lowest BCUT2D eigenvalue weighted by Crippen LogP contribution is -2.18. The van der Waals surface area contributed by atoms with Crippen LogP contribution in [-0.2, 0) is 68.0 Å². The van der Waals surface area contributed by atoms with Crippen LogP contribution in [0.2, 0.25) is 0 Å². The fourth-order valence-electron chi connectivity index (χ4n) is 10.3. The number of benzene rings is 5. The highest BCUT2D eigenvalue weighted by molar-refractivity contribution is 5.53. The predicted molar refractivity (Wildman–Crippen MR) is 370 cm³/mol. The van der Waals surface area contributed by atoms with Crippen molar-refractivity contribution in [3.05, 3.63) is 144 Å². The van der Waals surface area contributed by atoms with Crippen molar-refractivity contribution in [1.82, 2.24) is 0 Å². The van der Waals surface area contributed by atoms with E-state index in [1.165, 1.54) is 40.7 Å². The number of aromatic hydroxyl groups is 5. The van der Waals surface area contributed by atoms with Crippen LogP contribution in [0.4, 0.5) is 0 Å². The van der Waals surface area contributed by atoms with Crippen LogP contribution in [0.15, 0.2) is 60.7 Å². The van der Waals surface area contributed by atoms with Gasteiger partial charge in [-0.15, -0.1) is 0 Å². The Balaban J connectivity index is 0.000000528. The second-order valence-corrected chi connectivity index (χ2v) is 34.1. The standard InChI is InChI=1S/2C18H30O.C16H26O.C15H24O.C12H18O/c1-12(2)9-13-10-14(17(3,4)5)16(19)15(11-13)18(6,7)8;1-8-9-10-13-11-14(17(2,3)4)16(19)15(12-13)18(5,6)7;1-8-11-9-12(15(2,3)4)14(17)13(10-11)16(5,6)7;1-10-8-11(14(2,3)4)13(16)12(9-10)15(5,6)7;1-8-6-9(2)11(13)10(7-8)12(3,4)5/h10-12,19H,9H2,1-8H3;11-12,19H,8-10H2,1-7H3;9-10,17H,8H2,1-7H3;8-9,16H,1-7H3;6-7,13H,1-5H3. The number of unbranched alkanes of at least 4 members (excludes halogenated alkanes) is 1.